The molecule has 0 heterocycles. The minimum Gasteiger partial charge on any atom is -0.444 e. The molecule has 0 aliphatic carbocycles. The largest absolute Gasteiger partial charge is 0.444 e. The number of carbonyl (C=O) groups excluding carboxylic acids is 4. The van der Waals surface area contributed by atoms with E-state index in [9.17, 15) is 19.2 Å². The van der Waals surface area contributed by atoms with E-state index >= 15 is 0 Å². The molecule has 0 saturated heterocycles. The Morgan fingerprint density at radius 1 is 1.06 bits per heavy atom. The Balaban J connectivity index is 3.50. The average molecular weight is 491 g/mol. The molecule has 0 spiro atoms. The second-order valence-electron chi connectivity index (χ2n) is 11.1. The first-order chi connectivity index (χ1) is 15.9. The lowest BCUT2D eigenvalue weighted by atomic mass is 9.97. The van der Waals surface area contributed by atoms with Crippen LogP contribution in [0.4, 0.5) is 4.79 Å². The maximum atomic E-state index is 13.9. The average Bonchev–Trinajstić information content (AvgIpc) is 2.65. The molecular weight excluding hydrogens is 448 g/mol. The maximum Gasteiger partial charge on any atom is 0.408 e. The summed E-state index contributed by atoms with van der Waals surface area (Å²) in [7, 11) is 0. The smallest absolute Gasteiger partial charge is 0.408 e. The lowest BCUT2D eigenvalue weighted by Gasteiger charge is -2.38. The summed E-state index contributed by atoms with van der Waals surface area (Å²) in [6, 6.07) is 4.90. The predicted molar refractivity (Wildman–Crippen MR) is 135 cm³/mol. The molecule has 196 valence electrons. The SMILES string of the molecule is Cc1cccc(C(C(=O)NC(C)(C)C)N(C(=O)C(CCC(N)=O)NC(=O)OC(C)(C)C)C(C)C)c1. The highest BCUT2D eigenvalue weighted by molar-refractivity contribution is 5.93. The van der Waals surface area contributed by atoms with Crippen molar-refractivity contribution in [2.24, 2.45) is 5.73 Å². The van der Waals surface area contributed by atoms with Crippen LogP contribution in [0.3, 0.4) is 0 Å². The molecule has 0 bridgehead atoms. The molecule has 2 atom stereocenters. The molecule has 0 fully saturated rings. The van der Waals surface area contributed by atoms with Gasteiger partial charge in [0.25, 0.3) is 0 Å². The minimum atomic E-state index is -1.12. The number of hydrogen-bond donors (Lipinski definition) is 3. The Labute approximate surface area is 209 Å². The normalized spacial score (nSPS) is 13.5. The number of nitrogens with one attached hydrogen (secondary N) is 2. The molecule has 1 aromatic rings. The van der Waals surface area contributed by atoms with Crippen LogP contribution >= 0.6 is 0 Å². The lowest BCUT2D eigenvalue weighted by Crippen LogP contribution is -2.56. The molecule has 1 aromatic carbocycles. The van der Waals surface area contributed by atoms with E-state index in [1.165, 1.54) is 4.90 Å². The van der Waals surface area contributed by atoms with Gasteiger partial charge in [-0.2, -0.15) is 0 Å². The van der Waals surface area contributed by atoms with Crippen molar-refractivity contribution < 1.29 is 23.9 Å². The van der Waals surface area contributed by atoms with Crippen molar-refractivity contribution in [3.8, 4) is 0 Å². The molecule has 35 heavy (non-hydrogen) atoms. The van der Waals surface area contributed by atoms with Crippen molar-refractivity contribution in [2.75, 3.05) is 0 Å². The molecule has 4 N–H and O–H groups in total. The molecule has 4 amide bonds. The van der Waals surface area contributed by atoms with E-state index in [0.29, 0.717) is 5.56 Å². The van der Waals surface area contributed by atoms with Gasteiger partial charge in [0.1, 0.15) is 17.7 Å². The van der Waals surface area contributed by atoms with Gasteiger partial charge < -0.3 is 26.0 Å². The number of aryl methyl sites for hydroxylation is 1. The van der Waals surface area contributed by atoms with Gasteiger partial charge in [0, 0.05) is 18.0 Å². The third-order valence-electron chi connectivity index (χ3n) is 4.86. The second-order valence-corrected chi connectivity index (χ2v) is 11.1. The zero-order chi connectivity index (χ0) is 27.1. The number of benzene rings is 1. The zero-order valence-electron chi connectivity index (χ0n) is 22.5. The van der Waals surface area contributed by atoms with Crippen molar-refractivity contribution in [2.45, 2.75) is 104 Å². The molecule has 0 aromatic heterocycles. The standard InChI is InChI=1S/C26H42N4O5/c1-16(2)30(21(22(32)29-25(4,5)6)18-12-10-11-17(3)15-18)23(33)19(13-14-20(27)31)28-24(34)35-26(7,8)9/h10-12,15-16,19,21H,13-14H2,1-9H3,(H2,27,31)(H,28,34)(H,29,32). The number of amides is 4. The molecular formula is C26H42N4O5. The Hall–Kier alpha value is -3.10. The first kappa shape index (κ1) is 29.9. The highest BCUT2D eigenvalue weighted by Gasteiger charge is 2.38. The fourth-order valence-electron chi connectivity index (χ4n) is 3.57. The molecule has 0 radical (unpaired) electrons. The van der Waals surface area contributed by atoms with Gasteiger partial charge in [0.15, 0.2) is 0 Å². The summed E-state index contributed by atoms with van der Waals surface area (Å²) < 4.78 is 5.32. The number of nitrogens with two attached hydrogens (primary N) is 1. The summed E-state index contributed by atoms with van der Waals surface area (Å²) >= 11 is 0. The maximum absolute atomic E-state index is 13.9. The molecule has 9 nitrogen and oxygen atoms in total. The van der Waals surface area contributed by atoms with Crippen molar-refractivity contribution in [3.05, 3.63) is 35.4 Å². The van der Waals surface area contributed by atoms with Gasteiger partial charge in [0.2, 0.25) is 17.7 Å². The molecule has 0 aliphatic heterocycles. The van der Waals surface area contributed by atoms with Crippen molar-refractivity contribution in [3.63, 3.8) is 0 Å². The van der Waals surface area contributed by atoms with Crippen LogP contribution < -0.4 is 16.4 Å². The van der Waals surface area contributed by atoms with Gasteiger partial charge in [-0.15, -0.1) is 0 Å². The van der Waals surface area contributed by atoms with Crippen LogP contribution in [-0.2, 0) is 19.1 Å². The Morgan fingerprint density at radius 3 is 2.11 bits per heavy atom. The number of alkyl carbamates (subject to hydrolysis) is 1. The second kappa shape index (κ2) is 12.0. The molecule has 2 unspecified atom stereocenters. The first-order valence-electron chi connectivity index (χ1n) is 11.9. The predicted octanol–water partition coefficient (Wildman–Crippen LogP) is 3.35. The first-order valence-corrected chi connectivity index (χ1v) is 11.9. The number of carbonyl (C=O) groups is 4. The number of rotatable bonds is 9. The van der Waals surface area contributed by atoms with Gasteiger partial charge in [0.05, 0.1) is 0 Å². The van der Waals surface area contributed by atoms with Gasteiger partial charge in [-0.1, -0.05) is 29.8 Å². The fourth-order valence-corrected chi connectivity index (χ4v) is 3.57. The molecule has 1 rings (SSSR count). The quantitative estimate of drug-likeness (QED) is 0.489. The highest BCUT2D eigenvalue weighted by Crippen LogP contribution is 2.27. The zero-order valence-corrected chi connectivity index (χ0v) is 22.5. The Kier molecular flexibility index (Phi) is 10.3. The van der Waals surface area contributed by atoms with Gasteiger partial charge in [-0.3, -0.25) is 14.4 Å². The van der Waals surface area contributed by atoms with Gasteiger partial charge in [-0.25, -0.2) is 4.79 Å². The van der Waals surface area contributed by atoms with Crippen LogP contribution in [0, 0.1) is 6.92 Å². The van der Waals surface area contributed by atoms with Crippen LogP contribution in [0.1, 0.15) is 85.4 Å². The Morgan fingerprint density at radius 2 is 1.66 bits per heavy atom. The van der Waals surface area contributed by atoms with Crippen LogP contribution in [0.5, 0.6) is 0 Å². The van der Waals surface area contributed by atoms with E-state index in [1.807, 2.05) is 45.9 Å². The molecule has 0 saturated carbocycles. The van der Waals surface area contributed by atoms with E-state index in [2.05, 4.69) is 10.6 Å². The van der Waals surface area contributed by atoms with Crippen LogP contribution in [0.25, 0.3) is 0 Å². The molecule has 0 aliphatic rings. The van der Waals surface area contributed by atoms with Gasteiger partial charge >= 0.3 is 6.09 Å². The van der Waals surface area contributed by atoms with Crippen molar-refractivity contribution in [1.82, 2.24) is 15.5 Å². The molecule has 9 heteroatoms. The fraction of sp³-hybridized carbons (Fsp3) is 0.615. The highest BCUT2D eigenvalue weighted by atomic mass is 16.6. The number of ether oxygens (including phenoxy) is 1. The van der Waals surface area contributed by atoms with E-state index in [0.717, 1.165) is 5.56 Å². The summed E-state index contributed by atoms with van der Waals surface area (Å²) in [6.45, 7) is 16.2. The van der Waals surface area contributed by atoms with Crippen LogP contribution in [-0.4, -0.2) is 51.9 Å². The third-order valence-corrected chi connectivity index (χ3v) is 4.86. The summed E-state index contributed by atoms with van der Waals surface area (Å²) in [5, 5.41) is 5.55. The van der Waals surface area contributed by atoms with E-state index in [4.69, 9.17) is 10.5 Å². The number of nitrogens with zero attached hydrogens (tertiary/aromatic N) is 1. The van der Waals surface area contributed by atoms with Crippen LogP contribution in [0.15, 0.2) is 24.3 Å². The lowest BCUT2D eigenvalue weighted by molar-refractivity contribution is -0.145. The van der Waals surface area contributed by atoms with E-state index < -0.39 is 47.2 Å². The minimum absolute atomic E-state index is 0.0297. The number of hydrogen-bond acceptors (Lipinski definition) is 5. The summed E-state index contributed by atoms with van der Waals surface area (Å²) in [4.78, 5) is 52.9. The van der Waals surface area contributed by atoms with E-state index in [-0.39, 0.29) is 18.7 Å². The summed E-state index contributed by atoms with van der Waals surface area (Å²) in [5.74, 6) is -1.47. The monoisotopic (exact) mass is 490 g/mol. The van der Waals surface area contributed by atoms with Gasteiger partial charge in [-0.05, 0) is 74.3 Å². The third kappa shape index (κ3) is 10.4. The van der Waals surface area contributed by atoms with Crippen molar-refractivity contribution in [1.29, 1.82) is 0 Å². The summed E-state index contributed by atoms with van der Waals surface area (Å²) in [6.07, 6.45) is -0.949. The topological polar surface area (TPSA) is 131 Å². The Bertz CT molecular complexity index is 915. The van der Waals surface area contributed by atoms with Crippen molar-refractivity contribution >= 4 is 23.8 Å². The number of primary amides is 1. The van der Waals surface area contributed by atoms with E-state index in [1.54, 1.807) is 40.7 Å². The summed E-state index contributed by atoms with van der Waals surface area (Å²) in [5.41, 5.74) is 5.58. The van der Waals surface area contributed by atoms with Crippen LogP contribution in [0.2, 0.25) is 0 Å².